The van der Waals surface area contributed by atoms with E-state index in [-0.39, 0.29) is 11.8 Å². The Balaban J connectivity index is 1.37. The van der Waals surface area contributed by atoms with Gasteiger partial charge in [-0.3, -0.25) is 9.69 Å². The highest BCUT2D eigenvalue weighted by Gasteiger charge is 2.27. The van der Waals surface area contributed by atoms with Gasteiger partial charge in [0.05, 0.1) is 12.5 Å². The Morgan fingerprint density at radius 2 is 1.83 bits per heavy atom. The molecule has 1 aliphatic rings. The highest BCUT2D eigenvalue weighted by atomic mass is 16.5. The fraction of sp³-hybridized carbons (Fsp3) is 0.375. The second kappa shape index (κ2) is 8.79. The summed E-state index contributed by atoms with van der Waals surface area (Å²) in [4.78, 5) is 19.6. The van der Waals surface area contributed by atoms with E-state index in [1.54, 1.807) is 0 Å². The quantitative estimate of drug-likeness (QED) is 0.677. The fourth-order valence-corrected chi connectivity index (χ4v) is 4.04. The number of hydrogen-bond acceptors (Lipinski definition) is 5. The molecule has 0 radical (unpaired) electrons. The number of aromatic nitrogens is 2. The third kappa shape index (κ3) is 4.94. The molecule has 4 rings (SSSR count). The first-order chi connectivity index (χ1) is 14.5. The average molecular weight is 405 g/mol. The molecule has 1 N–H and O–H groups in total. The molecule has 6 heteroatoms. The van der Waals surface area contributed by atoms with E-state index in [0.717, 1.165) is 41.8 Å². The van der Waals surface area contributed by atoms with Crippen molar-refractivity contribution in [3.8, 4) is 11.5 Å². The van der Waals surface area contributed by atoms with Crippen LogP contribution in [-0.4, -0.2) is 34.0 Å². The van der Waals surface area contributed by atoms with Crippen LogP contribution in [0, 0.1) is 26.7 Å². The summed E-state index contributed by atoms with van der Waals surface area (Å²) in [5.74, 6) is 1.23. The van der Waals surface area contributed by atoms with Gasteiger partial charge in [-0.1, -0.05) is 28.9 Å². The van der Waals surface area contributed by atoms with Gasteiger partial charge in [0.1, 0.15) is 0 Å². The number of likely N-dealkylation sites (tertiary alicyclic amines) is 1. The topological polar surface area (TPSA) is 71.3 Å². The molecule has 1 fully saturated rings. The number of hydrogen-bond donors (Lipinski definition) is 1. The Bertz CT molecular complexity index is 1010. The first kappa shape index (κ1) is 20.3. The zero-order valence-corrected chi connectivity index (χ0v) is 17.8. The van der Waals surface area contributed by atoms with Crippen LogP contribution in [0.3, 0.4) is 0 Å². The first-order valence-corrected chi connectivity index (χ1v) is 10.5. The van der Waals surface area contributed by atoms with Crippen molar-refractivity contribution >= 4 is 11.6 Å². The average Bonchev–Trinajstić information content (AvgIpc) is 3.16. The Labute approximate surface area is 177 Å². The van der Waals surface area contributed by atoms with Crippen molar-refractivity contribution in [3.63, 3.8) is 0 Å². The standard InChI is InChI=1S/C24H28N4O2/c1-16-6-8-19(9-7-16)24-26-22(27-30-24)15-28-10-4-5-20(14-28)23(29)25-21-12-17(2)11-18(3)13-21/h6-9,11-13,20H,4-5,10,14-15H2,1-3H3,(H,25,29)/t20-/m0/s1. The summed E-state index contributed by atoms with van der Waals surface area (Å²) in [7, 11) is 0. The molecule has 1 aliphatic heterocycles. The van der Waals surface area contributed by atoms with Crippen molar-refractivity contribution < 1.29 is 9.32 Å². The van der Waals surface area contributed by atoms with Gasteiger partial charge in [-0.15, -0.1) is 0 Å². The molecule has 1 amide bonds. The predicted octanol–water partition coefficient (Wildman–Crippen LogP) is 4.51. The number of carbonyl (C=O) groups excluding carboxylic acids is 1. The third-order valence-electron chi connectivity index (χ3n) is 5.50. The number of benzene rings is 2. The highest BCUT2D eigenvalue weighted by Crippen LogP contribution is 2.22. The minimum absolute atomic E-state index is 0.0389. The number of rotatable bonds is 5. The number of amides is 1. The van der Waals surface area contributed by atoms with E-state index in [9.17, 15) is 4.79 Å². The summed E-state index contributed by atoms with van der Waals surface area (Å²) in [5, 5.41) is 7.23. The van der Waals surface area contributed by atoms with Gasteiger partial charge in [0.15, 0.2) is 5.82 Å². The van der Waals surface area contributed by atoms with Crippen molar-refractivity contribution in [2.75, 3.05) is 18.4 Å². The lowest BCUT2D eigenvalue weighted by Gasteiger charge is -2.31. The minimum Gasteiger partial charge on any atom is -0.334 e. The van der Waals surface area contributed by atoms with Gasteiger partial charge in [0.25, 0.3) is 5.89 Å². The summed E-state index contributed by atoms with van der Waals surface area (Å²) in [6, 6.07) is 14.2. The van der Waals surface area contributed by atoms with E-state index in [2.05, 4.69) is 26.4 Å². The maximum absolute atomic E-state index is 12.8. The Morgan fingerprint density at radius 1 is 1.10 bits per heavy atom. The van der Waals surface area contributed by atoms with Gasteiger partial charge < -0.3 is 9.84 Å². The van der Waals surface area contributed by atoms with Crippen LogP contribution in [0.5, 0.6) is 0 Å². The van der Waals surface area contributed by atoms with E-state index in [1.165, 1.54) is 5.56 Å². The van der Waals surface area contributed by atoms with Crippen molar-refractivity contribution in [1.29, 1.82) is 0 Å². The molecule has 3 aromatic rings. The molecule has 156 valence electrons. The molecule has 6 nitrogen and oxygen atoms in total. The van der Waals surface area contributed by atoms with Crippen LogP contribution < -0.4 is 5.32 Å². The first-order valence-electron chi connectivity index (χ1n) is 10.5. The van der Waals surface area contributed by atoms with Gasteiger partial charge in [-0.2, -0.15) is 4.98 Å². The van der Waals surface area contributed by atoms with Crippen molar-refractivity contribution in [2.45, 2.75) is 40.2 Å². The molecular weight excluding hydrogens is 376 g/mol. The SMILES string of the molecule is Cc1ccc(-c2nc(CN3CCC[C@H](C(=O)Nc4cc(C)cc(C)c4)C3)no2)cc1. The molecule has 0 bridgehead atoms. The van der Waals surface area contributed by atoms with Crippen LogP contribution >= 0.6 is 0 Å². The predicted molar refractivity (Wildman–Crippen MR) is 117 cm³/mol. The zero-order valence-electron chi connectivity index (χ0n) is 17.8. The number of anilines is 1. The second-order valence-electron chi connectivity index (χ2n) is 8.32. The van der Waals surface area contributed by atoms with Gasteiger partial charge >= 0.3 is 0 Å². The van der Waals surface area contributed by atoms with E-state index < -0.39 is 0 Å². The lowest BCUT2D eigenvalue weighted by molar-refractivity contribution is -0.121. The second-order valence-corrected chi connectivity index (χ2v) is 8.32. The van der Waals surface area contributed by atoms with Crippen LogP contribution in [-0.2, 0) is 11.3 Å². The summed E-state index contributed by atoms with van der Waals surface area (Å²) >= 11 is 0. The fourth-order valence-electron chi connectivity index (χ4n) is 4.04. The molecule has 0 saturated carbocycles. The minimum atomic E-state index is -0.0389. The van der Waals surface area contributed by atoms with Crippen molar-refractivity contribution in [2.24, 2.45) is 5.92 Å². The van der Waals surface area contributed by atoms with E-state index in [0.29, 0.717) is 24.8 Å². The van der Waals surface area contributed by atoms with Crippen molar-refractivity contribution in [3.05, 3.63) is 65.0 Å². The summed E-state index contributed by atoms with van der Waals surface area (Å²) in [6.45, 7) is 8.35. The monoisotopic (exact) mass is 404 g/mol. The maximum Gasteiger partial charge on any atom is 0.257 e. The molecule has 30 heavy (non-hydrogen) atoms. The molecule has 1 atom stereocenters. The number of nitrogens with one attached hydrogen (secondary N) is 1. The lowest BCUT2D eigenvalue weighted by atomic mass is 9.97. The number of piperidine rings is 1. The Morgan fingerprint density at radius 3 is 2.57 bits per heavy atom. The zero-order chi connectivity index (χ0) is 21.1. The molecule has 0 unspecified atom stereocenters. The van der Waals surface area contributed by atoms with Crippen LogP contribution in [0.1, 0.15) is 35.4 Å². The lowest BCUT2D eigenvalue weighted by Crippen LogP contribution is -2.40. The van der Waals surface area contributed by atoms with Crippen LogP contribution in [0.25, 0.3) is 11.5 Å². The molecule has 2 heterocycles. The van der Waals surface area contributed by atoms with Crippen molar-refractivity contribution in [1.82, 2.24) is 15.0 Å². The summed E-state index contributed by atoms with van der Waals surface area (Å²) < 4.78 is 5.44. The van der Waals surface area contributed by atoms with Gasteiger partial charge in [-0.05, 0) is 75.5 Å². The maximum atomic E-state index is 12.8. The largest absolute Gasteiger partial charge is 0.334 e. The van der Waals surface area contributed by atoms with E-state index in [1.807, 2.05) is 57.2 Å². The molecule has 0 aliphatic carbocycles. The van der Waals surface area contributed by atoms with Crippen LogP contribution in [0.15, 0.2) is 47.0 Å². The smallest absolute Gasteiger partial charge is 0.257 e. The van der Waals surface area contributed by atoms with Crippen LogP contribution in [0.4, 0.5) is 5.69 Å². The van der Waals surface area contributed by atoms with Gasteiger partial charge in [-0.25, -0.2) is 0 Å². The normalized spacial score (nSPS) is 17.1. The Hall–Kier alpha value is -2.99. The number of carbonyl (C=O) groups is 1. The molecular formula is C24H28N4O2. The highest BCUT2D eigenvalue weighted by molar-refractivity contribution is 5.93. The van der Waals surface area contributed by atoms with Gasteiger partial charge in [0, 0.05) is 17.8 Å². The summed E-state index contributed by atoms with van der Waals surface area (Å²) in [5.41, 5.74) is 5.28. The molecule has 2 aromatic carbocycles. The number of aryl methyl sites for hydroxylation is 3. The van der Waals surface area contributed by atoms with E-state index >= 15 is 0 Å². The molecule has 0 spiro atoms. The Kier molecular flexibility index (Phi) is 5.95. The van der Waals surface area contributed by atoms with Gasteiger partial charge in [0.2, 0.25) is 5.91 Å². The molecule has 1 aromatic heterocycles. The van der Waals surface area contributed by atoms with Crippen LogP contribution in [0.2, 0.25) is 0 Å². The third-order valence-corrected chi connectivity index (χ3v) is 5.50. The summed E-state index contributed by atoms with van der Waals surface area (Å²) in [6.07, 6.45) is 1.88. The molecule has 1 saturated heterocycles. The number of nitrogens with zero attached hydrogens (tertiary/aromatic N) is 3. The van der Waals surface area contributed by atoms with E-state index in [4.69, 9.17) is 4.52 Å².